The lowest BCUT2D eigenvalue weighted by molar-refractivity contribution is 0.0958. The van der Waals surface area contributed by atoms with E-state index in [2.05, 4.69) is 31.1 Å². The van der Waals surface area contributed by atoms with E-state index in [-0.39, 0.29) is 23.7 Å². The summed E-state index contributed by atoms with van der Waals surface area (Å²) in [6.07, 6.45) is 5.33. The first-order chi connectivity index (χ1) is 13.1. The molecular weight excluding hydrogens is 344 g/mol. The van der Waals surface area contributed by atoms with Crippen LogP contribution in [0, 0.1) is 11.3 Å². The molecule has 0 aliphatic heterocycles. The number of nitrogens with two attached hydrogens (primary N) is 1. The molecule has 2 aromatic rings. The second-order valence-corrected chi connectivity index (χ2v) is 6.50. The Balaban J connectivity index is 1.81. The van der Waals surface area contributed by atoms with Gasteiger partial charge in [0.1, 0.15) is 11.8 Å². The summed E-state index contributed by atoms with van der Waals surface area (Å²) >= 11 is 0. The third-order valence-corrected chi connectivity index (χ3v) is 4.52. The fraction of sp³-hybridized carbons (Fsp3) is 0.389. The van der Waals surface area contributed by atoms with E-state index in [1.807, 2.05) is 6.07 Å². The lowest BCUT2D eigenvalue weighted by Gasteiger charge is -2.28. The molecule has 0 bridgehead atoms. The van der Waals surface area contributed by atoms with Gasteiger partial charge in [-0.2, -0.15) is 5.26 Å². The van der Waals surface area contributed by atoms with Gasteiger partial charge in [0.2, 0.25) is 0 Å². The minimum absolute atomic E-state index is 0.238. The normalized spacial score (nSPS) is 19.0. The molecule has 1 amide bonds. The Kier molecular flexibility index (Phi) is 5.78. The highest BCUT2D eigenvalue weighted by molar-refractivity contribution is 5.97. The van der Waals surface area contributed by atoms with Crippen molar-refractivity contribution < 1.29 is 4.79 Å². The topological polar surface area (TPSA) is 142 Å². The predicted octanol–water partition coefficient (Wildman–Crippen LogP) is 1.53. The summed E-state index contributed by atoms with van der Waals surface area (Å²) < 4.78 is 0. The number of hydrogen-bond acceptors (Lipinski definition) is 8. The van der Waals surface area contributed by atoms with Crippen molar-refractivity contribution in [1.29, 1.82) is 5.26 Å². The van der Waals surface area contributed by atoms with E-state index in [1.165, 1.54) is 0 Å². The van der Waals surface area contributed by atoms with Crippen LogP contribution < -0.4 is 21.7 Å². The van der Waals surface area contributed by atoms with E-state index in [9.17, 15) is 4.79 Å². The van der Waals surface area contributed by atoms with Crippen molar-refractivity contribution in [3.8, 4) is 6.07 Å². The minimum Gasteiger partial charge on any atom is -0.380 e. The number of rotatable bonds is 5. The minimum atomic E-state index is -0.302. The Morgan fingerprint density at radius 1 is 1.26 bits per heavy atom. The van der Waals surface area contributed by atoms with Gasteiger partial charge in [-0.25, -0.2) is 4.98 Å². The molecule has 1 fully saturated rings. The number of amides is 1. The van der Waals surface area contributed by atoms with Gasteiger partial charge in [-0.05, 0) is 37.8 Å². The fourth-order valence-corrected chi connectivity index (χ4v) is 3.01. The number of carbonyl (C=O) groups is 1. The molecule has 0 spiro atoms. The molecule has 3 rings (SSSR count). The van der Waals surface area contributed by atoms with Crippen LogP contribution in [0.1, 0.15) is 41.9 Å². The lowest BCUT2D eigenvalue weighted by Crippen LogP contribution is -2.33. The van der Waals surface area contributed by atoms with Crippen molar-refractivity contribution in [2.24, 2.45) is 5.73 Å². The van der Waals surface area contributed by atoms with Crippen LogP contribution in [-0.2, 0) is 0 Å². The van der Waals surface area contributed by atoms with Crippen molar-refractivity contribution in [2.75, 3.05) is 17.7 Å². The maximum absolute atomic E-state index is 12.1. The summed E-state index contributed by atoms with van der Waals surface area (Å²) in [5.41, 5.74) is 7.84. The molecule has 140 valence electrons. The standard InChI is InChI=1S/C18H22N8O/c1-21-18(27)17-15(23-12-4-2-11(20)3-5-12)8-16(25-26-17)24-14-7-6-13(9-19)22-10-14/h6-8,10-12H,2-5,20H2,1H3,(H,21,27)(H2,23,24,25). The van der Waals surface area contributed by atoms with Crippen LogP contribution in [0.4, 0.5) is 17.2 Å². The lowest BCUT2D eigenvalue weighted by atomic mass is 9.91. The van der Waals surface area contributed by atoms with E-state index in [0.717, 1.165) is 25.7 Å². The Morgan fingerprint density at radius 2 is 2.04 bits per heavy atom. The van der Waals surface area contributed by atoms with Gasteiger partial charge in [0.15, 0.2) is 11.5 Å². The smallest absolute Gasteiger partial charge is 0.273 e. The molecule has 1 aliphatic rings. The number of nitriles is 1. The maximum atomic E-state index is 12.1. The summed E-state index contributed by atoms with van der Waals surface area (Å²) in [7, 11) is 1.56. The van der Waals surface area contributed by atoms with Gasteiger partial charge >= 0.3 is 0 Å². The van der Waals surface area contributed by atoms with Gasteiger partial charge in [-0.15, -0.1) is 10.2 Å². The van der Waals surface area contributed by atoms with Crippen molar-refractivity contribution in [3.05, 3.63) is 35.8 Å². The third kappa shape index (κ3) is 4.68. The summed E-state index contributed by atoms with van der Waals surface area (Å²) in [4.78, 5) is 16.1. The van der Waals surface area contributed by atoms with Gasteiger partial charge in [0.05, 0.1) is 17.6 Å². The molecule has 1 saturated carbocycles. The van der Waals surface area contributed by atoms with Gasteiger partial charge in [-0.3, -0.25) is 4.79 Å². The zero-order valence-corrected chi connectivity index (χ0v) is 15.1. The fourth-order valence-electron chi connectivity index (χ4n) is 3.01. The Labute approximate surface area is 157 Å². The molecule has 0 atom stereocenters. The quantitative estimate of drug-likeness (QED) is 0.624. The van der Waals surface area contributed by atoms with E-state index in [0.29, 0.717) is 22.9 Å². The predicted molar refractivity (Wildman–Crippen MR) is 102 cm³/mol. The number of nitrogens with one attached hydrogen (secondary N) is 3. The number of anilines is 3. The van der Waals surface area contributed by atoms with Crippen molar-refractivity contribution >= 4 is 23.1 Å². The van der Waals surface area contributed by atoms with E-state index in [1.54, 1.807) is 31.4 Å². The number of hydrogen-bond donors (Lipinski definition) is 4. The molecule has 1 aliphatic carbocycles. The Bertz CT molecular complexity index is 837. The highest BCUT2D eigenvalue weighted by Crippen LogP contribution is 2.25. The van der Waals surface area contributed by atoms with Crippen LogP contribution >= 0.6 is 0 Å². The van der Waals surface area contributed by atoms with Gasteiger partial charge in [-0.1, -0.05) is 0 Å². The van der Waals surface area contributed by atoms with Gasteiger partial charge < -0.3 is 21.7 Å². The molecule has 9 nitrogen and oxygen atoms in total. The number of aromatic nitrogens is 3. The summed E-state index contributed by atoms with van der Waals surface area (Å²) in [5, 5.41) is 26.1. The first-order valence-electron chi connectivity index (χ1n) is 8.84. The average Bonchev–Trinajstić information content (AvgIpc) is 2.70. The zero-order valence-electron chi connectivity index (χ0n) is 15.1. The molecule has 27 heavy (non-hydrogen) atoms. The van der Waals surface area contributed by atoms with Crippen molar-refractivity contribution in [1.82, 2.24) is 20.5 Å². The number of pyridine rings is 1. The second-order valence-electron chi connectivity index (χ2n) is 6.50. The highest BCUT2D eigenvalue weighted by atomic mass is 16.1. The average molecular weight is 366 g/mol. The molecular formula is C18H22N8O. The maximum Gasteiger partial charge on any atom is 0.273 e. The molecule has 0 aromatic carbocycles. The first kappa shape index (κ1) is 18.5. The van der Waals surface area contributed by atoms with Crippen LogP contribution in [0.2, 0.25) is 0 Å². The largest absolute Gasteiger partial charge is 0.380 e. The Morgan fingerprint density at radius 3 is 2.67 bits per heavy atom. The second kappa shape index (κ2) is 8.42. The van der Waals surface area contributed by atoms with Gasteiger partial charge in [0.25, 0.3) is 5.91 Å². The van der Waals surface area contributed by atoms with Crippen LogP contribution in [0.25, 0.3) is 0 Å². The molecule has 9 heteroatoms. The first-order valence-corrected chi connectivity index (χ1v) is 8.84. The van der Waals surface area contributed by atoms with Crippen LogP contribution in [0.3, 0.4) is 0 Å². The number of carbonyl (C=O) groups excluding carboxylic acids is 1. The highest BCUT2D eigenvalue weighted by Gasteiger charge is 2.21. The SMILES string of the molecule is CNC(=O)c1nnc(Nc2ccc(C#N)nc2)cc1NC1CCC(N)CC1. The van der Waals surface area contributed by atoms with Gasteiger partial charge in [0, 0.05) is 25.2 Å². The summed E-state index contributed by atoms with van der Waals surface area (Å²) in [6, 6.07) is 7.55. The molecule has 0 saturated heterocycles. The van der Waals surface area contributed by atoms with Crippen molar-refractivity contribution in [3.63, 3.8) is 0 Å². The molecule has 0 unspecified atom stereocenters. The zero-order chi connectivity index (χ0) is 19.2. The van der Waals surface area contributed by atoms with Crippen LogP contribution in [0.15, 0.2) is 24.4 Å². The Hall–Kier alpha value is -3.25. The molecule has 2 heterocycles. The monoisotopic (exact) mass is 366 g/mol. The summed E-state index contributed by atoms with van der Waals surface area (Å²) in [6.45, 7) is 0. The molecule has 0 radical (unpaired) electrons. The third-order valence-electron chi connectivity index (χ3n) is 4.52. The van der Waals surface area contributed by atoms with Crippen molar-refractivity contribution in [2.45, 2.75) is 37.8 Å². The van der Waals surface area contributed by atoms with Crippen LogP contribution in [-0.4, -0.2) is 40.2 Å². The van der Waals surface area contributed by atoms with E-state index in [4.69, 9.17) is 11.0 Å². The molecule has 5 N–H and O–H groups in total. The summed E-state index contributed by atoms with van der Waals surface area (Å²) in [5.74, 6) is 0.174. The van der Waals surface area contributed by atoms with E-state index >= 15 is 0 Å². The molecule has 2 aromatic heterocycles. The van der Waals surface area contributed by atoms with Crippen LogP contribution in [0.5, 0.6) is 0 Å². The number of nitrogens with zero attached hydrogens (tertiary/aromatic N) is 4. The van der Waals surface area contributed by atoms with E-state index < -0.39 is 0 Å².